The Bertz CT molecular complexity index is 553. The van der Waals surface area contributed by atoms with Crippen LogP contribution in [0.1, 0.15) is 25.3 Å². The van der Waals surface area contributed by atoms with Crippen LogP contribution in [0, 0.1) is 0 Å². The van der Waals surface area contributed by atoms with Crippen molar-refractivity contribution in [1.82, 2.24) is 9.55 Å². The molecule has 100 valence electrons. The van der Waals surface area contributed by atoms with Gasteiger partial charge in [0, 0.05) is 18.2 Å². The number of nitrogens with zero attached hydrogens (tertiary/aromatic N) is 1. The van der Waals surface area contributed by atoms with Gasteiger partial charge in [0.1, 0.15) is 0 Å². The normalized spacial score (nSPS) is 27.6. The fourth-order valence-corrected chi connectivity index (χ4v) is 2.03. The first-order valence-electron chi connectivity index (χ1n) is 5.83. The van der Waals surface area contributed by atoms with E-state index in [1.54, 1.807) is 6.92 Å². The molecule has 6 nitrogen and oxygen atoms in total. The lowest BCUT2D eigenvalue weighted by Gasteiger charge is -2.22. The molecule has 7 heteroatoms. The van der Waals surface area contributed by atoms with Crippen LogP contribution >= 0.6 is 0 Å². The average Bonchev–Trinajstić information content (AvgIpc) is 2.72. The maximum absolute atomic E-state index is 14.5. The predicted octanol–water partition coefficient (Wildman–Crippen LogP) is -0.150. The molecule has 2 atom stereocenters. The third-order valence-corrected chi connectivity index (χ3v) is 3.08. The standard InChI is InChI=1S/C11H15FN2O4/c1-2-7-5-14(10(17)13-9(7)16)11(12)4-3-8(6-15)18-11/h5,8,15H,2-4,6H2,1H3,(H,13,16,17)/t8-,11-/m0/s1. The zero-order chi connectivity index (χ0) is 13.3. The van der Waals surface area contributed by atoms with Gasteiger partial charge in [-0.3, -0.25) is 9.78 Å². The predicted molar refractivity (Wildman–Crippen MR) is 61.0 cm³/mol. The van der Waals surface area contributed by atoms with Crippen molar-refractivity contribution in [1.29, 1.82) is 0 Å². The molecule has 0 aromatic carbocycles. The van der Waals surface area contributed by atoms with Gasteiger partial charge in [0.2, 0.25) is 0 Å². The molecule has 0 bridgehead atoms. The van der Waals surface area contributed by atoms with Gasteiger partial charge in [0.15, 0.2) is 0 Å². The van der Waals surface area contributed by atoms with Gasteiger partial charge in [0.25, 0.3) is 11.5 Å². The molecule has 18 heavy (non-hydrogen) atoms. The highest BCUT2D eigenvalue weighted by atomic mass is 19.2. The highest BCUT2D eigenvalue weighted by Crippen LogP contribution is 2.34. The Kier molecular flexibility index (Phi) is 3.36. The van der Waals surface area contributed by atoms with Gasteiger partial charge in [-0.15, -0.1) is 0 Å². The molecule has 1 aromatic heterocycles. The number of aromatic nitrogens is 2. The van der Waals surface area contributed by atoms with Crippen molar-refractivity contribution >= 4 is 0 Å². The number of H-pyrrole nitrogens is 1. The third kappa shape index (κ3) is 2.11. The Morgan fingerprint density at radius 3 is 2.94 bits per heavy atom. The molecule has 0 spiro atoms. The molecule has 0 amide bonds. The van der Waals surface area contributed by atoms with E-state index in [1.165, 1.54) is 6.20 Å². The first kappa shape index (κ1) is 13.0. The Balaban J connectivity index is 2.45. The number of aliphatic hydroxyl groups excluding tert-OH is 1. The van der Waals surface area contributed by atoms with E-state index in [9.17, 15) is 14.0 Å². The van der Waals surface area contributed by atoms with Gasteiger partial charge in [0.05, 0.1) is 12.7 Å². The fraction of sp³-hybridized carbons (Fsp3) is 0.636. The van der Waals surface area contributed by atoms with Crippen LogP contribution in [0.2, 0.25) is 0 Å². The number of nitrogens with one attached hydrogen (secondary N) is 1. The second kappa shape index (κ2) is 4.66. The van der Waals surface area contributed by atoms with Crippen LogP contribution in [0.25, 0.3) is 0 Å². The van der Waals surface area contributed by atoms with Gasteiger partial charge in [-0.1, -0.05) is 6.92 Å². The number of ether oxygens (including phenoxy) is 1. The molecule has 2 N–H and O–H groups in total. The number of halogens is 1. The summed E-state index contributed by atoms with van der Waals surface area (Å²) >= 11 is 0. The smallest absolute Gasteiger partial charge is 0.332 e. The van der Waals surface area contributed by atoms with E-state index < -0.39 is 23.3 Å². The van der Waals surface area contributed by atoms with Crippen molar-refractivity contribution in [2.75, 3.05) is 6.61 Å². The number of aromatic amines is 1. The van der Waals surface area contributed by atoms with Crippen molar-refractivity contribution in [3.63, 3.8) is 0 Å². The maximum atomic E-state index is 14.5. The quantitative estimate of drug-likeness (QED) is 0.789. The van der Waals surface area contributed by atoms with E-state index in [-0.39, 0.29) is 13.0 Å². The van der Waals surface area contributed by atoms with E-state index >= 15 is 0 Å². The number of aryl methyl sites for hydroxylation is 1. The van der Waals surface area contributed by atoms with Gasteiger partial charge >= 0.3 is 5.69 Å². The Morgan fingerprint density at radius 2 is 2.39 bits per heavy atom. The van der Waals surface area contributed by atoms with Gasteiger partial charge in [-0.25, -0.2) is 9.36 Å². The zero-order valence-corrected chi connectivity index (χ0v) is 9.98. The van der Waals surface area contributed by atoms with E-state index in [0.29, 0.717) is 18.4 Å². The molecule has 2 heterocycles. The Labute approximate surface area is 102 Å². The van der Waals surface area contributed by atoms with Crippen molar-refractivity contribution < 1.29 is 14.2 Å². The summed E-state index contributed by atoms with van der Waals surface area (Å²) in [5.74, 6) is -2.29. The second-order valence-electron chi connectivity index (χ2n) is 4.29. The van der Waals surface area contributed by atoms with Crippen molar-refractivity contribution in [3.05, 3.63) is 32.6 Å². The van der Waals surface area contributed by atoms with Crippen LogP contribution in [0.5, 0.6) is 0 Å². The van der Waals surface area contributed by atoms with Crippen molar-refractivity contribution in [3.8, 4) is 0 Å². The lowest BCUT2D eigenvalue weighted by Crippen LogP contribution is -2.42. The summed E-state index contributed by atoms with van der Waals surface area (Å²) in [7, 11) is 0. The summed E-state index contributed by atoms with van der Waals surface area (Å²) in [4.78, 5) is 25.1. The maximum Gasteiger partial charge on any atom is 0.332 e. The van der Waals surface area contributed by atoms with E-state index in [1.807, 2.05) is 0 Å². The summed E-state index contributed by atoms with van der Waals surface area (Å²) < 4.78 is 20.3. The van der Waals surface area contributed by atoms with Crippen molar-refractivity contribution in [2.45, 2.75) is 38.3 Å². The molecule has 2 rings (SSSR count). The molecular weight excluding hydrogens is 243 g/mol. The van der Waals surface area contributed by atoms with Crippen LogP contribution in [0.3, 0.4) is 0 Å². The molecule has 0 unspecified atom stereocenters. The Hall–Kier alpha value is -1.47. The molecule has 1 aliphatic rings. The van der Waals surface area contributed by atoms with Crippen LogP contribution < -0.4 is 11.2 Å². The molecule has 1 aromatic rings. The second-order valence-corrected chi connectivity index (χ2v) is 4.29. The molecule has 1 saturated heterocycles. The lowest BCUT2D eigenvalue weighted by atomic mass is 10.2. The topological polar surface area (TPSA) is 84.3 Å². The van der Waals surface area contributed by atoms with Crippen LogP contribution in [-0.2, 0) is 17.1 Å². The Morgan fingerprint density at radius 1 is 1.67 bits per heavy atom. The summed E-state index contributed by atoms with van der Waals surface area (Å²) in [6.45, 7) is 1.43. The zero-order valence-electron chi connectivity index (χ0n) is 9.98. The molecule has 0 radical (unpaired) electrons. The average molecular weight is 258 g/mol. The minimum atomic E-state index is -2.29. The van der Waals surface area contributed by atoms with Gasteiger partial charge in [-0.2, -0.15) is 4.39 Å². The first-order valence-corrected chi connectivity index (χ1v) is 5.83. The minimum Gasteiger partial charge on any atom is -0.394 e. The van der Waals surface area contributed by atoms with Gasteiger partial charge in [-0.05, 0) is 12.8 Å². The number of aliphatic hydroxyl groups is 1. The third-order valence-electron chi connectivity index (χ3n) is 3.08. The molecular formula is C11H15FN2O4. The number of alkyl halides is 1. The van der Waals surface area contributed by atoms with Crippen molar-refractivity contribution in [2.24, 2.45) is 0 Å². The first-order chi connectivity index (χ1) is 8.50. The molecule has 0 aliphatic carbocycles. The van der Waals surface area contributed by atoms with E-state index in [0.717, 1.165) is 4.57 Å². The van der Waals surface area contributed by atoms with E-state index in [4.69, 9.17) is 9.84 Å². The summed E-state index contributed by atoms with van der Waals surface area (Å²) in [6, 6.07) is 0. The summed E-state index contributed by atoms with van der Waals surface area (Å²) in [6.07, 6.45) is 1.22. The highest BCUT2D eigenvalue weighted by Gasteiger charge is 2.43. The van der Waals surface area contributed by atoms with Crippen LogP contribution in [0.15, 0.2) is 15.8 Å². The molecule has 1 fully saturated rings. The molecule has 1 aliphatic heterocycles. The highest BCUT2D eigenvalue weighted by molar-refractivity contribution is 5.05. The van der Waals surface area contributed by atoms with Crippen LogP contribution in [0.4, 0.5) is 4.39 Å². The summed E-state index contributed by atoms with van der Waals surface area (Å²) in [5, 5.41) is 8.92. The molecule has 0 saturated carbocycles. The largest absolute Gasteiger partial charge is 0.394 e. The number of hydrogen-bond acceptors (Lipinski definition) is 4. The monoisotopic (exact) mass is 258 g/mol. The van der Waals surface area contributed by atoms with Crippen LogP contribution in [-0.4, -0.2) is 27.4 Å². The SMILES string of the molecule is CCc1cn([C@@]2(F)CC[C@@H](CO)O2)c(=O)[nH]c1=O. The summed E-state index contributed by atoms with van der Waals surface area (Å²) in [5.41, 5.74) is -1.06. The minimum absolute atomic E-state index is 0.0344. The number of rotatable bonds is 3. The number of hydrogen-bond donors (Lipinski definition) is 2. The van der Waals surface area contributed by atoms with E-state index in [2.05, 4.69) is 4.98 Å². The van der Waals surface area contributed by atoms with Gasteiger partial charge < -0.3 is 9.84 Å². The lowest BCUT2D eigenvalue weighted by molar-refractivity contribution is -0.204. The fourth-order valence-electron chi connectivity index (χ4n) is 2.03.